The van der Waals surface area contributed by atoms with Gasteiger partial charge in [0.2, 0.25) is 11.8 Å². The molecule has 0 bridgehead atoms. The Labute approximate surface area is 298 Å². The van der Waals surface area contributed by atoms with Crippen molar-refractivity contribution in [3.05, 3.63) is 41.0 Å². The van der Waals surface area contributed by atoms with Gasteiger partial charge in [0.05, 0.1) is 28.7 Å². The number of amides is 2. The molecule has 49 heavy (non-hydrogen) atoms. The number of nitrogens with one attached hydrogen (secondary N) is 2. The van der Waals surface area contributed by atoms with Crippen molar-refractivity contribution in [3.63, 3.8) is 0 Å². The van der Waals surface area contributed by atoms with Crippen molar-refractivity contribution in [2.75, 3.05) is 79.0 Å². The second-order valence-corrected chi connectivity index (χ2v) is 15.7. The molecule has 1 aromatic carbocycles. The van der Waals surface area contributed by atoms with E-state index >= 15 is 0 Å². The normalized spacial score (nSPS) is 20.4. The number of piperidine rings is 1. The van der Waals surface area contributed by atoms with Crippen molar-refractivity contribution < 1.29 is 14.4 Å². The number of hydrogen-bond acceptors (Lipinski definition) is 10. The molecule has 5 rings (SSSR count). The van der Waals surface area contributed by atoms with E-state index in [1.54, 1.807) is 23.3 Å². The van der Waals surface area contributed by atoms with Crippen molar-refractivity contribution in [1.82, 2.24) is 35.2 Å². The summed E-state index contributed by atoms with van der Waals surface area (Å²) in [5, 5.41) is 6.15. The van der Waals surface area contributed by atoms with Crippen LogP contribution in [0.15, 0.2) is 29.8 Å². The van der Waals surface area contributed by atoms with E-state index < -0.39 is 6.04 Å². The smallest absolute Gasteiger partial charge is 0.243 e. The summed E-state index contributed by atoms with van der Waals surface area (Å²) in [4.78, 5) is 50.9. The number of likely N-dealkylation sites (tertiary alicyclic amines) is 2. The molecule has 2 aromatic rings. The minimum Gasteiger partial charge on any atom is -0.350 e. The zero-order valence-corrected chi connectivity index (χ0v) is 31.3. The Morgan fingerprint density at radius 3 is 2.24 bits per heavy atom. The number of rotatable bonds is 12. The maximum absolute atomic E-state index is 13.1. The van der Waals surface area contributed by atoms with Gasteiger partial charge in [0.15, 0.2) is 0 Å². The third kappa shape index (κ3) is 11.4. The maximum Gasteiger partial charge on any atom is 0.243 e. The summed E-state index contributed by atoms with van der Waals surface area (Å²) in [6, 6.07) is 7.48. The SMILES string of the molecule is CNC(C(=O)N1CCCC1C(=O)NCc1ccc(-c2scnc2C)cc1)C(C)(C)C.NCCN1CCC(CN2CCN(CC=O)CC2)CC1. The molecule has 4 N–H and O–H groups in total. The first-order valence-corrected chi connectivity index (χ1v) is 19.0. The van der Waals surface area contributed by atoms with E-state index in [1.165, 1.54) is 37.4 Å². The lowest BCUT2D eigenvalue weighted by Gasteiger charge is -2.38. The molecule has 4 heterocycles. The highest BCUT2D eigenvalue weighted by Crippen LogP contribution is 2.28. The number of nitrogens with zero attached hydrogens (tertiary/aromatic N) is 5. The average Bonchev–Trinajstić information content (AvgIpc) is 3.76. The number of aromatic nitrogens is 1. The van der Waals surface area contributed by atoms with Crippen LogP contribution in [0.2, 0.25) is 0 Å². The van der Waals surface area contributed by atoms with Crippen LogP contribution in [0.4, 0.5) is 0 Å². The number of nitrogens with two attached hydrogens (primary N) is 1. The minimum absolute atomic E-state index is 0.00642. The minimum atomic E-state index is -0.394. The predicted octanol–water partition coefficient (Wildman–Crippen LogP) is 2.83. The van der Waals surface area contributed by atoms with Gasteiger partial charge in [0.25, 0.3) is 0 Å². The number of carbonyl (C=O) groups excluding carboxylic acids is 3. The number of aryl methyl sites for hydroxylation is 1. The van der Waals surface area contributed by atoms with Crippen LogP contribution in [0.25, 0.3) is 10.4 Å². The molecule has 2 atom stereocenters. The van der Waals surface area contributed by atoms with Gasteiger partial charge in [-0.3, -0.25) is 14.5 Å². The van der Waals surface area contributed by atoms with E-state index in [1.807, 2.05) is 45.3 Å². The van der Waals surface area contributed by atoms with E-state index in [2.05, 4.69) is 42.5 Å². The fourth-order valence-corrected chi connectivity index (χ4v) is 8.07. The van der Waals surface area contributed by atoms with E-state index in [9.17, 15) is 14.4 Å². The molecule has 3 aliphatic rings. The zero-order chi connectivity index (χ0) is 35.4. The van der Waals surface area contributed by atoms with Gasteiger partial charge in [-0.2, -0.15) is 0 Å². The lowest BCUT2D eigenvalue weighted by molar-refractivity contribution is -0.142. The molecule has 2 amide bonds. The number of carbonyl (C=O) groups is 3. The van der Waals surface area contributed by atoms with Gasteiger partial charge in [-0.05, 0) is 75.2 Å². The van der Waals surface area contributed by atoms with Crippen LogP contribution in [-0.2, 0) is 20.9 Å². The summed E-state index contributed by atoms with van der Waals surface area (Å²) in [7, 11) is 1.80. The van der Waals surface area contributed by atoms with Gasteiger partial charge >= 0.3 is 0 Å². The number of piperazine rings is 1. The quantitative estimate of drug-likeness (QED) is 0.287. The standard InChI is InChI=1S/C23H32N4O2S.C14H28N4O/c1-15-19(30-14-26-15)17-10-8-16(9-11-17)13-25-21(28)18-7-6-12-27(18)22(29)20(24-5)23(2,3)4;15-3-6-16-4-1-14(2-5-16)13-18-9-7-17(8-10-18)11-12-19/h8-11,14,18,20,24H,6-7,12-13H2,1-5H3,(H,25,28);12,14H,1-11,13,15H2. The average molecular weight is 697 g/mol. The van der Waals surface area contributed by atoms with Crippen LogP contribution in [-0.4, -0.2) is 134 Å². The van der Waals surface area contributed by atoms with Crippen molar-refractivity contribution >= 4 is 29.4 Å². The van der Waals surface area contributed by atoms with Crippen molar-refractivity contribution in [2.45, 2.75) is 72.0 Å². The number of likely N-dealkylation sites (N-methyl/N-ethyl adjacent to an activating group) is 1. The van der Waals surface area contributed by atoms with Crippen molar-refractivity contribution in [2.24, 2.45) is 17.1 Å². The Hall–Kier alpha value is -2.74. The second-order valence-electron chi connectivity index (χ2n) is 14.8. The molecule has 3 saturated heterocycles. The van der Waals surface area contributed by atoms with E-state index in [0.29, 0.717) is 26.1 Å². The second kappa shape index (κ2) is 19.0. The molecule has 2 unspecified atom stereocenters. The fourth-order valence-electron chi connectivity index (χ4n) is 7.26. The first kappa shape index (κ1) is 39.1. The molecule has 1 aromatic heterocycles. The van der Waals surface area contributed by atoms with Crippen LogP contribution in [0.3, 0.4) is 0 Å². The first-order chi connectivity index (χ1) is 23.5. The van der Waals surface area contributed by atoms with Crippen LogP contribution >= 0.6 is 11.3 Å². The molecule has 12 heteroatoms. The molecule has 3 aliphatic heterocycles. The monoisotopic (exact) mass is 696 g/mol. The first-order valence-electron chi connectivity index (χ1n) is 18.1. The summed E-state index contributed by atoms with van der Waals surface area (Å²) >= 11 is 1.63. The van der Waals surface area contributed by atoms with Gasteiger partial charge in [0.1, 0.15) is 12.3 Å². The Morgan fingerprint density at radius 2 is 1.67 bits per heavy atom. The van der Waals surface area contributed by atoms with E-state index in [-0.39, 0.29) is 23.3 Å². The van der Waals surface area contributed by atoms with Crippen molar-refractivity contribution in [3.8, 4) is 10.4 Å². The summed E-state index contributed by atoms with van der Waals surface area (Å²) < 4.78 is 0. The van der Waals surface area contributed by atoms with E-state index in [0.717, 1.165) is 74.7 Å². The number of hydrogen-bond donors (Lipinski definition) is 3. The van der Waals surface area contributed by atoms with E-state index in [4.69, 9.17) is 5.73 Å². The molecular weight excluding hydrogens is 637 g/mol. The number of benzene rings is 1. The molecule has 3 fully saturated rings. The third-order valence-electron chi connectivity index (χ3n) is 10.1. The molecular formula is C37H60N8O3S. The van der Waals surface area contributed by atoms with Gasteiger partial charge in [-0.15, -0.1) is 11.3 Å². The molecule has 0 spiro atoms. The Bertz CT molecular complexity index is 1310. The van der Waals surface area contributed by atoms with Gasteiger partial charge in [0, 0.05) is 58.9 Å². The summed E-state index contributed by atoms with van der Waals surface area (Å²) in [6.45, 7) is 19.6. The summed E-state index contributed by atoms with van der Waals surface area (Å²) in [5.41, 5.74) is 10.4. The van der Waals surface area contributed by atoms with Gasteiger partial charge in [-0.25, -0.2) is 4.98 Å². The fraction of sp³-hybridized carbons (Fsp3) is 0.676. The molecule has 0 saturated carbocycles. The maximum atomic E-state index is 13.1. The van der Waals surface area contributed by atoms with Crippen LogP contribution in [0.5, 0.6) is 0 Å². The molecule has 0 radical (unpaired) electrons. The van der Waals surface area contributed by atoms with Crippen molar-refractivity contribution in [1.29, 1.82) is 0 Å². The molecule has 272 valence electrons. The number of thiazole rings is 1. The Morgan fingerprint density at radius 1 is 1.00 bits per heavy atom. The molecule has 0 aliphatic carbocycles. The number of aldehydes is 1. The Balaban J connectivity index is 0.000000244. The summed E-state index contributed by atoms with van der Waals surface area (Å²) in [5.74, 6) is 0.783. The highest BCUT2D eigenvalue weighted by molar-refractivity contribution is 7.13. The third-order valence-corrected chi connectivity index (χ3v) is 11.1. The van der Waals surface area contributed by atoms with Gasteiger partial charge in [-0.1, -0.05) is 45.0 Å². The summed E-state index contributed by atoms with van der Waals surface area (Å²) in [6.07, 6.45) is 5.21. The van der Waals surface area contributed by atoms with Gasteiger partial charge < -0.3 is 35.9 Å². The lowest BCUT2D eigenvalue weighted by atomic mass is 9.86. The largest absolute Gasteiger partial charge is 0.350 e. The Kier molecular flexibility index (Phi) is 15.2. The zero-order valence-electron chi connectivity index (χ0n) is 30.5. The highest BCUT2D eigenvalue weighted by Gasteiger charge is 2.40. The van der Waals surface area contributed by atoms with Crippen LogP contribution in [0.1, 0.15) is 57.7 Å². The lowest BCUT2D eigenvalue weighted by Crippen LogP contribution is -2.55. The van der Waals surface area contributed by atoms with Crippen LogP contribution in [0, 0.1) is 18.3 Å². The highest BCUT2D eigenvalue weighted by atomic mass is 32.1. The predicted molar refractivity (Wildman–Crippen MR) is 198 cm³/mol. The van der Waals surface area contributed by atoms with Crippen LogP contribution < -0.4 is 16.4 Å². The molecule has 11 nitrogen and oxygen atoms in total. The topological polar surface area (TPSA) is 127 Å².